The second kappa shape index (κ2) is 9.88. The van der Waals surface area contributed by atoms with Gasteiger partial charge in [-0.15, -0.1) is 0 Å². The molecule has 0 spiro atoms. The maximum atomic E-state index is 12.6. The van der Waals surface area contributed by atoms with E-state index in [-0.39, 0.29) is 16.6 Å². The summed E-state index contributed by atoms with van der Waals surface area (Å²) < 4.78 is 33.4. The number of nitrogens with one attached hydrogen (secondary N) is 2. The fourth-order valence-corrected chi connectivity index (χ4v) is 4.68. The van der Waals surface area contributed by atoms with Crippen LogP contribution >= 0.6 is 0 Å². The molecule has 0 aromatic heterocycles. The lowest BCUT2D eigenvalue weighted by molar-refractivity contribution is -0.384. The number of carbonyl (C=O) groups is 1. The van der Waals surface area contributed by atoms with Crippen LogP contribution in [0, 0.1) is 10.1 Å². The Bertz CT molecular complexity index is 1020. The SMILES string of the molecule is CC(Oc1ccc([N+](=O)[O-])cc1)C(=O)Nc1ccc(S(=O)(=O)NC2CCCCC2)cc1. The minimum absolute atomic E-state index is 0.0319. The monoisotopic (exact) mass is 447 g/mol. The second-order valence-electron chi connectivity index (χ2n) is 7.48. The van der Waals surface area contributed by atoms with Gasteiger partial charge in [0.25, 0.3) is 11.6 Å². The van der Waals surface area contributed by atoms with E-state index in [0.717, 1.165) is 32.1 Å². The normalized spacial score (nSPS) is 15.8. The van der Waals surface area contributed by atoms with Crippen LogP contribution in [0.25, 0.3) is 0 Å². The number of anilines is 1. The lowest BCUT2D eigenvalue weighted by atomic mass is 9.96. The topological polar surface area (TPSA) is 128 Å². The van der Waals surface area contributed by atoms with E-state index in [4.69, 9.17) is 4.74 Å². The number of carbonyl (C=O) groups excluding carboxylic acids is 1. The first-order valence-electron chi connectivity index (χ1n) is 10.1. The van der Waals surface area contributed by atoms with Crippen LogP contribution in [-0.2, 0) is 14.8 Å². The molecule has 2 aromatic carbocycles. The van der Waals surface area contributed by atoms with Crippen LogP contribution in [0.2, 0.25) is 0 Å². The van der Waals surface area contributed by atoms with Gasteiger partial charge in [0.05, 0.1) is 9.82 Å². The molecule has 1 aliphatic carbocycles. The molecule has 2 aromatic rings. The minimum Gasteiger partial charge on any atom is -0.481 e. The Labute approximate surface area is 181 Å². The fraction of sp³-hybridized carbons (Fsp3) is 0.381. The summed E-state index contributed by atoms with van der Waals surface area (Å²) in [6.07, 6.45) is 4.02. The number of ether oxygens (including phenoxy) is 1. The Hall–Kier alpha value is -2.98. The molecule has 0 aliphatic heterocycles. The van der Waals surface area contributed by atoms with Crippen molar-refractivity contribution in [3.63, 3.8) is 0 Å². The highest BCUT2D eigenvalue weighted by atomic mass is 32.2. The van der Waals surface area contributed by atoms with Crippen molar-refractivity contribution in [2.24, 2.45) is 0 Å². The van der Waals surface area contributed by atoms with Gasteiger partial charge in [0.15, 0.2) is 6.10 Å². The second-order valence-corrected chi connectivity index (χ2v) is 9.19. The smallest absolute Gasteiger partial charge is 0.269 e. The molecule has 1 aliphatic rings. The standard InChI is InChI=1S/C21H25N3O6S/c1-15(30-19-11-9-18(10-12-19)24(26)27)21(25)22-16-7-13-20(14-8-16)31(28,29)23-17-5-3-2-4-6-17/h7-15,17,23H,2-6H2,1H3,(H,22,25). The van der Waals surface area contributed by atoms with Crippen molar-refractivity contribution in [1.82, 2.24) is 4.72 Å². The van der Waals surface area contributed by atoms with Crippen LogP contribution in [0.15, 0.2) is 53.4 Å². The van der Waals surface area contributed by atoms with Gasteiger partial charge in [-0.3, -0.25) is 14.9 Å². The molecule has 0 bridgehead atoms. The summed E-state index contributed by atoms with van der Waals surface area (Å²) in [4.78, 5) is 22.7. The van der Waals surface area contributed by atoms with Crippen molar-refractivity contribution in [3.05, 3.63) is 58.6 Å². The van der Waals surface area contributed by atoms with E-state index < -0.39 is 27.0 Å². The zero-order chi connectivity index (χ0) is 22.4. The Balaban J connectivity index is 1.56. The van der Waals surface area contributed by atoms with Crippen molar-refractivity contribution >= 4 is 27.3 Å². The Morgan fingerprint density at radius 2 is 1.68 bits per heavy atom. The average molecular weight is 448 g/mol. The molecule has 1 unspecified atom stereocenters. The van der Waals surface area contributed by atoms with Gasteiger partial charge in [-0.25, -0.2) is 13.1 Å². The number of nitro groups is 1. The summed E-state index contributed by atoms with van der Waals surface area (Å²) in [6, 6.07) is 11.3. The summed E-state index contributed by atoms with van der Waals surface area (Å²) in [7, 11) is -3.61. The van der Waals surface area contributed by atoms with Crippen molar-refractivity contribution in [2.75, 3.05) is 5.32 Å². The molecule has 0 saturated heterocycles. The van der Waals surface area contributed by atoms with Crippen LogP contribution in [0.1, 0.15) is 39.0 Å². The van der Waals surface area contributed by atoms with E-state index in [9.17, 15) is 23.3 Å². The molecule has 3 rings (SSSR count). The summed E-state index contributed by atoms with van der Waals surface area (Å²) in [5.41, 5.74) is 0.359. The molecule has 2 N–H and O–H groups in total. The van der Waals surface area contributed by atoms with Gasteiger partial charge in [-0.1, -0.05) is 19.3 Å². The van der Waals surface area contributed by atoms with E-state index >= 15 is 0 Å². The number of nitro benzene ring substituents is 1. The van der Waals surface area contributed by atoms with E-state index in [0.29, 0.717) is 11.4 Å². The summed E-state index contributed by atoms with van der Waals surface area (Å²) in [5.74, 6) is -0.113. The molecule has 1 atom stereocenters. The fourth-order valence-electron chi connectivity index (χ4n) is 3.37. The maximum absolute atomic E-state index is 12.6. The molecule has 31 heavy (non-hydrogen) atoms. The highest BCUT2D eigenvalue weighted by Crippen LogP contribution is 2.22. The van der Waals surface area contributed by atoms with Crippen LogP contribution < -0.4 is 14.8 Å². The largest absolute Gasteiger partial charge is 0.481 e. The van der Waals surface area contributed by atoms with Crippen LogP contribution in [0.5, 0.6) is 5.75 Å². The third kappa shape index (κ3) is 6.25. The highest BCUT2D eigenvalue weighted by molar-refractivity contribution is 7.89. The highest BCUT2D eigenvalue weighted by Gasteiger charge is 2.22. The van der Waals surface area contributed by atoms with Crippen LogP contribution in [0.3, 0.4) is 0 Å². The number of benzene rings is 2. The zero-order valence-electron chi connectivity index (χ0n) is 17.1. The van der Waals surface area contributed by atoms with Gasteiger partial charge < -0.3 is 10.1 Å². The zero-order valence-corrected chi connectivity index (χ0v) is 17.9. The maximum Gasteiger partial charge on any atom is 0.269 e. The average Bonchev–Trinajstić information content (AvgIpc) is 2.75. The Kier molecular flexibility index (Phi) is 7.24. The van der Waals surface area contributed by atoms with Crippen molar-refractivity contribution in [2.45, 2.75) is 56.1 Å². The number of non-ortho nitro benzene ring substituents is 1. The van der Waals surface area contributed by atoms with E-state index in [1.807, 2.05) is 0 Å². The van der Waals surface area contributed by atoms with E-state index in [2.05, 4.69) is 10.0 Å². The number of hydrogen-bond acceptors (Lipinski definition) is 6. The predicted molar refractivity (Wildman–Crippen MR) is 115 cm³/mol. The van der Waals surface area contributed by atoms with Crippen molar-refractivity contribution in [3.8, 4) is 5.75 Å². The minimum atomic E-state index is -3.61. The van der Waals surface area contributed by atoms with Gasteiger partial charge in [-0.2, -0.15) is 0 Å². The third-order valence-corrected chi connectivity index (χ3v) is 6.63. The molecule has 9 nitrogen and oxygen atoms in total. The van der Waals surface area contributed by atoms with Crippen molar-refractivity contribution < 1.29 is 22.9 Å². The summed E-state index contributed by atoms with van der Waals surface area (Å²) in [5, 5.41) is 13.4. The summed E-state index contributed by atoms with van der Waals surface area (Å²) in [6.45, 7) is 1.55. The number of nitrogens with zero attached hydrogens (tertiary/aromatic N) is 1. The van der Waals surface area contributed by atoms with Gasteiger partial charge in [0.2, 0.25) is 10.0 Å². The quantitative estimate of drug-likeness (QED) is 0.470. The molecule has 1 saturated carbocycles. The van der Waals surface area contributed by atoms with Crippen LogP contribution in [-0.4, -0.2) is 31.4 Å². The molecule has 166 valence electrons. The first-order valence-corrected chi connectivity index (χ1v) is 11.6. The van der Waals surface area contributed by atoms with Gasteiger partial charge in [-0.05, 0) is 56.2 Å². The molecule has 0 radical (unpaired) electrons. The molecule has 10 heteroatoms. The summed E-state index contributed by atoms with van der Waals surface area (Å²) >= 11 is 0. The van der Waals surface area contributed by atoms with Gasteiger partial charge in [0.1, 0.15) is 5.75 Å². The number of rotatable bonds is 8. The lowest BCUT2D eigenvalue weighted by Gasteiger charge is -2.22. The van der Waals surface area contributed by atoms with E-state index in [1.54, 1.807) is 6.92 Å². The first-order chi connectivity index (χ1) is 14.7. The van der Waals surface area contributed by atoms with Crippen molar-refractivity contribution in [1.29, 1.82) is 0 Å². The molecule has 1 amide bonds. The Morgan fingerprint density at radius 3 is 2.26 bits per heavy atom. The lowest BCUT2D eigenvalue weighted by Crippen LogP contribution is -2.36. The van der Waals surface area contributed by atoms with Gasteiger partial charge in [0, 0.05) is 23.9 Å². The first kappa shape index (κ1) is 22.7. The molecular formula is C21H25N3O6S. The van der Waals surface area contributed by atoms with Gasteiger partial charge >= 0.3 is 0 Å². The number of amides is 1. The Morgan fingerprint density at radius 1 is 1.06 bits per heavy atom. The third-order valence-electron chi connectivity index (χ3n) is 5.09. The predicted octanol–water partition coefficient (Wildman–Crippen LogP) is 3.61. The van der Waals surface area contributed by atoms with Crippen LogP contribution in [0.4, 0.5) is 11.4 Å². The number of sulfonamides is 1. The number of hydrogen-bond donors (Lipinski definition) is 2. The molecular weight excluding hydrogens is 422 g/mol. The van der Waals surface area contributed by atoms with E-state index in [1.165, 1.54) is 48.5 Å². The molecule has 0 heterocycles. The molecule has 1 fully saturated rings.